The lowest BCUT2D eigenvalue weighted by atomic mass is 9.90. The van der Waals surface area contributed by atoms with Crippen molar-refractivity contribution < 1.29 is 0 Å². The molecule has 0 unspecified atom stereocenters. The van der Waals surface area contributed by atoms with Crippen LogP contribution in [-0.2, 0) is 5.41 Å². The molecule has 0 saturated heterocycles. The van der Waals surface area contributed by atoms with E-state index in [4.69, 9.17) is 4.98 Å². The van der Waals surface area contributed by atoms with E-state index in [2.05, 4.69) is 6.07 Å². The first-order valence-corrected chi connectivity index (χ1v) is 7.25. The van der Waals surface area contributed by atoms with Gasteiger partial charge in [0.25, 0.3) is 0 Å². The Morgan fingerprint density at radius 2 is 1.94 bits per heavy atom. The Balaban J connectivity index is 2.27. The summed E-state index contributed by atoms with van der Waals surface area (Å²) in [5.41, 5.74) is 0.663. The van der Waals surface area contributed by atoms with E-state index in [0.717, 1.165) is 10.6 Å². The highest BCUT2D eigenvalue weighted by atomic mass is 32.1. The van der Waals surface area contributed by atoms with Crippen LogP contribution in [0, 0.1) is 18.3 Å². The second-order valence-electron chi connectivity index (χ2n) is 5.54. The van der Waals surface area contributed by atoms with Gasteiger partial charge in [-0.15, -0.1) is 11.3 Å². The summed E-state index contributed by atoms with van der Waals surface area (Å²) in [5.74, 6) is 0.649. The fraction of sp³-hybridized carbons (Fsp3) is 0.714. The molecule has 1 aliphatic rings. The van der Waals surface area contributed by atoms with Crippen molar-refractivity contribution in [2.45, 2.75) is 64.2 Å². The number of rotatable bonds is 2. The van der Waals surface area contributed by atoms with Gasteiger partial charge in [-0.05, 0) is 33.6 Å². The third-order valence-electron chi connectivity index (χ3n) is 3.61. The van der Waals surface area contributed by atoms with Gasteiger partial charge in [-0.3, -0.25) is 0 Å². The lowest BCUT2D eigenvalue weighted by molar-refractivity contribution is 0.442. The van der Waals surface area contributed by atoms with E-state index in [1.807, 2.05) is 20.8 Å². The van der Waals surface area contributed by atoms with Gasteiger partial charge in [0.2, 0.25) is 0 Å². The zero-order chi connectivity index (χ0) is 12.5. The zero-order valence-electron chi connectivity index (χ0n) is 10.9. The smallest absolute Gasteiger partial charge is 0.0962 e. The van der Waals surface area contributed by atoms with Crippen LogP contribution in [0.3, 0.4) is 0 Å². The van der Waals surface area contributed by atoms with Crippen molar-refractivity contribution in [2.24, 2.45) is 0 Å². The molecule has 17 heavy (non-hydrogen) atoms. The first-order chi connectivity index (χ1) is 8.04. The summed E-state index contributed by atoms with van der Waals surface area (Å²) >= 11 is 1.76. The topological polar surface area (TPSA) is 36.7 Å². The van der Waals surface area contributed by atoms with Gasteiger partial charge < -0.3 is 0 Å². The molecule has 0 aromatic carbocycles. The molecule has 0 radical (unpaired) electrons. The first kappa shape index (κ1) is 12.6. The average molecular weight is 248 g/mol. The predicted molar refractivity (Wildman–Crippen MR) is 71.3 cm³/mol. The molecule has 92 valence electrons. The van der Waals surface area contributed by atoms with Crippen LogP contribution in [-0.4, -0.2) is 4.98 Å². The molecule has 0 spiro atoms. The molecule has 3 heteroatoms. The zero-order valence-corrected chi connectivity index (χ0v) is 11.7. The summed E-state index contributed by atoms with van der Waals surface area (Å²) in [5, 5.41) is 10.5. The molecular weight excluding hydrogens is 228 g/mol. The van der Waals surface area contributed by atoms with Crippen LogP contribution in [0.1, 0.15) is 67.4 Å². The summed E-state index contributed by atoms with van der Waals surface area (Å²) in [6.45, 7) is 6.01. The van der Waals surface area contributed by atoms with E-state index >= 15 is 0 Å². The normalized spacial score (nSPS) is 18.0. The molecule has 1 aromatic rings. The third kappa shape index (κ3) is 2.52. The molecule has 0 amide bonds. The van der Waals surface area contributed by atoms with E-state index < -0.39 is 5.41 Å². The van der Waals surface area contributed by atoms with Gasteiger partial charge >= 0.3 is 0 Å². The number of aromatic nitrogens is 1. The highest BCUT2D eigenvalue weighted by Gasteiger charge is 2.28. The van der Waals surface area contributed by atoms with Gasteiger partial charge in [0.15, 0.2) is 0 Å². The Morgan fingerprint density at radius 3 is 2.53 bits per heavy atom. The maximum atomic E-state index is 9.22. The van der Waals surface area contributed by atoms with Crippen LogP contribution >= 0.6 is 11.3 Å². The fourth-order valence-corrected chi connectivity index (χ4v) is 3.86. The van der Waals surface area contributed by atoms with Crippen LogP contribution in [0.4, 0.5) is 0 Å². The molecule has 0 aliphatic heterocycles. The van der Waals surface area contributed by atoms with E-state index in [0.29, 0.717) is 5.92 Å². The third-order valence-corrected chi connectivity index (χ3v) is 5.26. The molecule has 2 nitrogen and oxygen atoms in total. The lowest BCUT2D eigenvalue weighted by Crippen LogP contribution is -2.13. The Morgan fingerprint density at radius 1 is 1.29 bits per heavy atom. The Labute approximate surface area is 108 Å². The van der Waals surface area contributed by atoms with Crippen LogP contribution in [0.15, 0.2) is 0 Å². The number of aryl methyl sites for hydroxylation is 1. The number of thiazole rings is 1. The average Bonchev–Trinajstić information content (AvgIpc) is 2.73. The Kier molecular flexibility index (Phi) is 3.53. The maximum absolute atomic E-state index is 9.22. The van der Waals surface area contributed by atoms with Crippen molar-refractivity contribution in [1.82, 2.24) is 4.98 Å². The quantitative estimate of drug-likeness (QED) is 0.782. The van der Waals surface area contributed by atoms with Gasteiger partial charge in [-0.2, -0.15) is 5.26 Å². The SMILES string of the molecule is Cc1nc(C2CCCCC2)sc1C(C)(C)C#N. The monoisotopic (exact) mass is 248 g/mol. The number of nitrogens with zero attached hydrogens (tertiary/aromatic N) is 2. The van der Waals surface area contributed by atoms with Crippen LogP contribution in [0.25, 0.3) is 0 Å². The Hall–Kier alpha value is -0.880. The minimum absolute atomic E-state index is 0.394. The van der Waals surface area contributed by atoms with Gasteiger partial charge in [0.1, 0.15) is 0 Å². The van der Waals surface area contributed by atoms with Crippen molar-refractivity contribution in [3.63, 3.8) is 0 Å². The number of hydrogen-bond donors (Lipinski definition) is 0. The van der Waals surface area contributed by atoms with Gasteiger partial charge in [0, 0.05) is 10.8 Å². The molecule has 1 aromatic heterocycles. The van der Waals surface area contributed by atoms with Crippen LogP contribution < -0.4 is 0 Å². The summed E-state index contributed by atoms with van der Waals surface area (Å²) in [4.78, 5) is 5.87. The summed E-state index contributed by atoms with van der Waals surface area (Å²) in [7, 11) is 0. The molecule has 0 bridgehead atoms. The summed E-state index contributed by atoms with van der Waals surface area (Å²) in [6, 6.07) is 2.39. The molecule has 1 aliphatic carbocycles. The van der Waals surface area contributed by atoms with E-state index in [1.165, 1.54) is 37.1 Å². The lowest BCUT2D eigenvalue weighted by Gasteiger charge is -2.19. The van der Waals surface area contributed by atoms with Gasteiger partial charge in [0.05, 0.1) is 22.2 Å². The summed E-state index contributed by atoms with van der Waals surface area (Å²) in [6.07, 6.45) is 6.59. The van der Waals surface area contributed by atoms with E-state index in [-0.39, 0.29) is 0 Å². The van der Waals surface area contributed by atoms with Crippen LogP contribution in [0.2, 0.25) is 0 Å². The fourth-order valence-electron chi connectivity index (χ4n) is 2.57. The van der Waals surface area contributed by atoms with Crippen LogP contribution in [0.5, 0.6) is 0 Å². The van der Waals surface area contributed by atoms with E-state index in [9.17, 15) is 5.26 Å². The van der Waals surface area contributed by atoms with Crippen molar-refractivity contribution in [2.75, 3.05) is 0 Å². The molecule has 1 heterocycles. The second kappa shape index (κ2) is 4.78. The summed E-state index contributed by atoms with van der Waals surface area (Å²) < 4.78 is 0. The number of hydrogen-bond acceptors (Lipinski definition) is 3. The molecule has 2 rings (SSSR count). The highest BCUT2D eigenvalue weighted by molar-refractivity contribution is 7.12. The largest absolute Gasteiger partial charge is 0.246 e. The van der Waals surface area contributed by atoms with Crippen molar-refractivity contribution >= 4 is 11.3 Å². The minimum Gasteiger partial charge on any atom is -0.246 e. The second-order valence-corrected chi connectivity index (χ2v) is 6.57. The predicted octanol–water partition coefficient (Wildman–Crippen LogP) is 4.30. The standard InChI is InChI=1S/C14H20N2S/c1-10-12(14(2,3)9-15)17-13(16-10)11-7-5-4-6-8-11/h11H,4-8H2,1-3H3. The van der Waals surface area contributed by atoms with Crippen molar-refractivity contribution in [3.8, 4) is 6.07 Å². The molecule has 0 atom stereocenters. The maximum Gasteiger partial charge on any atom is 0.0962 e. The minimum atomic E-state index is -0.394. The van der Waals surface area contributed by atoms with E-state index in [1.54, 1.807) is 11.3 Å². The molecule has 0 N–H and O–H groups in total. The van der Waals surface area contributed by atoms with Crippen molar-refractivity contribution in [3.05, 3.63) is 15.6 Å². The number of nitriles is 1. The molecular formula is C14H20N2S. The molecule has 1 fully saturated rings. The molecule has 1 saturated carbocycles. The van der Waals surface area contributed by atoms with Gasteiger partial charge in [-0.1, -0.05) is 19.3 Å². The van der Waals surface area contributed by atoms with Gasteiger partial charge in [-0.25, -0.2) is 4.98 Å². The Bertz CT molecular complexity index is 434. The first-order valence-electron chi connectivity index (χ1n) is 6.43. The highest BCUT2D eigenvalue weighted by Crippen LogP contribution is 2.39. The van der Waals surface area contributed by atoms with Crippen molar-refractivity contribution in [1.29, 1.82) is 5.26 Å².